The van der Waals surface area contributed by atoms with Crippen LogP contribution < -0.4 is 0 Å². The normalized spacial score (nSPS) is 11.6. The number of aromatic nitrogens is 1. The zero-order chi connectivity index (χ0) is 19.4. The summed E-state index contributed by atoms with van der Waals surface area (Å²) in [6.45, 7) is 3.29. The van der Waals surface area contributed by atoms with Crippen LogP contribution in [0.15, 0.2) is 30.3 Å². The second-order valence-electron chi connectivity index (χ2n) is 6.05. The molecule has 1 aromatic carbocycles. The Kier molecular flexibility index (Phi) is 5.82. The number of carbonyl (C=O) groups is 3. The van der Waals surface area contributed by atoms with E-state index in [1.807, 2.05) is 6.07 Å². The number of carbonyl (C=O) groups excluding carboxylic acids is 3. The second-order valence-corrected chi connectivity index (χ2v) is 6.05. The van der Waals surface area contributed by atoms with Gasteiger partial charge in [-0.3, -0.25) is 4.79 Å². The lowest BCUT2D eigenvalue weighted by atomic mass is 10.1. The van der Waals surface area contributed by atoms with E-state index in [-0.39, 0.29) is 17.2 Å². The first-order valence-electron chi connectivity index (χ1n) is 8.02. The molecule has 7 nitrogen and oxygen atoms in total. The number of nitrogens with zero attached hydrogens (tertiary/aromatic N) is 1. The molecule has 7 heteroatoms. The molecule has 2 rings (SSSR count). The van der Waals surface area contributed by atoms with Crippen molar-refractivity contribution in [3.05, 3.63) is 58.4 Å². The maximum absolute atomic E-state index is 12.7. The minimum atomic E-state index is -1.08. The van der Waals surface area contributed by atoms with Crippen molar-refractivity contribution in [1.29, 1.82) is 0 Å². The molecule has 0 fully saturated rings. The number of methoxy groups -OCH3 is 1. The second kappa shape index (κ2) is 7.86. The Bertz CT molecular complexity index is 824. The molecule has 1 N–H and O–H groups in total. The van der Waals surface area contributed by atoms with Gasteiger partial charge in [-0.1, -0.05) is 30.3 Å². The number of amides is 1. The number of hydrogen-bond donors (Lipinski definition) is 1. The summed E-state index contributed by atoms with van der Waals surface area (Å²) < 4.78 is 10.2. The molecule has 0 bridgehead atoms. The van der Waals surface area contributed by atoms with Gasteiger partial charge >= 0.3 is 11.9 Å². The van der Waals surface area contributed by atoms with Gasteiger partial charge in [-0.15, -0.1) is 0 Å². The summed E-state index contributed by atoms with van der Waals surface area (Å²) >= 11 is 0. The molecule has 0 saturated carbocycles. The van der Waals surface area contributed by atoms with Crippen LogP contribution in [0.25, 0.3) is 0 Å². The van der Waals surface area contributed by atoms with Crippen LogP contribution in [0.5, 0.6) is 0 Å². The van der Waals surface area contributed by atoms with Gasteiger partial charge in [0, 0.05) is 25.4 Å². The SMILES string of the molecule is COC(=O)c1c(C)[nH]c(C(=O)O[C@H](C(=O)N(C)C)c2ccccc2)c1C. The fourth-order valence-electron chi connectivity index (χ4n) is 2.65. The van der Waals surface area contributed by atoms with Gasteiger partial charge in [0.1, 0.15) is 5.69 Å². The largest absolute Gasteiger partial charge is 0.465 e. The van der Waals surface area contributed by atoms with Gasteiger partial charge in [-0.25, -0.2) is 9.59 Å². The Hall–Kier alpha value is -3.09. The molecular formula is C19H22N2O5. The number of nitrogens with one attached hydrogen (secondary N) is 1. The van der Waals surface area contributed by atoms with Gasteiger partial charge in [0.05, 0.1) is 12.7 Å². The number of hydrogen-bond acceptors (Lipinski definition) is 5. The summed E-state index contributed by atoms with van der Waals surface area (Å²) in [5.74, 6) is -1.62. The van der Waals surface area contributed by atoms with Crippen molar-refractivity contribution in [2.24, 2.45) is 0 Å². The summed E-state index contributed by atoms with van der Waals surface area (Å²) in [6, 6.07) is 8.76. The third kappa shape index (κ3) is 3.77. The molecule has 0 spiro atoms. The maximum atomic E-state index is 12.7. The molecule has 0 aliphatic heterocycles. The van der Waals surface area contributed by atoms with Crippen molar-refractivity contribution in [1.82, 2.24) is 9.88 Å². The molecule has 2 aromatic rings. The fourth-order valence-corrected chi connectivity index (χ4v) is 2.65. The minimum absolute atomic E-state index is 0.121. The van der Waals surface area contributed by atoms with Crippen LogP contribution in [0.2, 0.25) is 0 Å². The third-order valence-electron chi connectivity index (χ3n) is 4.02. The smallest absolute Gasteiger partial charge is 0.356 e. The highest BCUT2D eigenvalue weighted by atomic mass is 16.5. The van der Waals surface area contributed by atoms with Crippen LogP contribution in [0.1, 0.15) is 43.8 Å². The Morgan fingerprint density at radius 3 is 2.19 bits per heavy atom. The topological polar surface area (TPSA) is 88.7 Å². The van der Waals surface area contributed by atoms with E-state index in [2.05, 4.69) is 4.98 Å². The van der Waals surface area contributed by atoms with Crippen molar-refractivity contribution >= 4 is 17.8 Å². The first kappa shape index (κ1) is 19.2. The lowest BCUT2D eigenvalue weighted by molar-refractivity contribution is -0.138. The van der Waals surface area contributed by atoms with Crippen molar-refractivity contribution in [2.45, 2.75) is 20.0 Å². The van der Waals surface area contributed by atoms with Crippen molar-refractivity contribution in [3.63, 3.8) is 0 Å². The Morgan fingerprint density at radius 1 is 1.04 bits per heavy atom. The van der Waals surface area contributed by atoms with Gasteiger partial charge in [-0.05, 0) is 19.4 Å². The summed E-state index contributed by atoms with van der Waals surface area (Å²) in [6.07, 6.45) is -1.08. The average molecular weight is 358 g/mol. The number of H-pyrrole nitrogens is 1. The van der Waals surface area contributed by atoms with Crippen molar-refractivity contribution in [3.8, 4) is 0 Å². The Morgan fingerprint density at radius 2 is 1.65 bits per heavy atom. The number of esters is 2. The van der Waals surface area contributed by atoms with Crippen LogP contribution >= 0.6 is 0 Å². The van der Waals surface area contributed by atoms with Crippen LogP contribution in [-0.2, 0) is 14.3 Å². The molecule has 0 aliphatic rings. The molecule has 1 aromatic heterocycles. The van der Waals surface area contributed by atoms with Crippen LogP contribution in [0.3, 0.4) is 0 Å². The molecule has 0 unspecified atom stereocenters. The molecule has 26 heavy (non-hydrogen) atoms. The van der Waals surface area contributed by atoms with Crippen LogP contribution in [-0.4, -0.2) is 48.9 Å². The van der Waals surface area contributed by atoms with E-state index in [0.29, 0.717) is 16.8 Å². The number of rotatable bonds is 5. The minimum Gasteiger partial charge on any atom is -0.465 e. The van der Waals surface area contributed by atoms with Gasteiger partial charge in [0.2, 0.25) is 6.10 Å². The Labute approximate surface area is 151 Å². The predicted octanol–water partition coefficient (Wildman–Crippen LogP) is 2.40. The number of aromatic amines is 1. The van der Waals surface area contributed by atoms with E-state index < -0.39 is 18.0 Å². The molecular weight excluding hydrogens is 336 g/mol. The average Bonchev–Trinajstić information content (AvgIpc) is 2.93. The summed E-state index contributed by atoms with van der Waals surface area (Å²) in [5, 5.41) is 0. The van der Waals surface area contributed by atoms with E-state index in [1.165, 1.54) is 12.0 Å². The fraction of sp³-hybridized carbons (Fsp3) is 0.316. The van der Waals surface area contributed by atoms with E-state index in [9.17, 15) is 14.4 Å². The van der Waals surface area contributed by atoms with E-state index in [0.717, 1.165) is 0 Å². The summed E-state index contributed by atoms with van der Waals surface area (Å²) in [4.78, 5) is 41.3. The highest BCUT2D eigenvalue weighted by Gasteiger charge is 2.30. The molecule has 1 atom stereocenters. The third-order valence-corrected chi connectivity index (χ3v) is 4.02. The van der Waals surface area contributed by atoms with E-state index in [1.54, 1.807) is 52.2 Å². The van der Waals surface area contributed by atoms with Crippen molar-refractivity contribution in [2.75, 3.05) is 21.2 Å². The first-order chi connectivity index (χ1) is 12.3. The summed E-state index contributed by atoms with van der Waals surface area (Å²) in [7, 11) is 4.45. The predicted molar refractivity (Wildman–Crippen MR) is 94.9 cm³/mol. The molecule has 138 valence electrons. The molecule has 1 amide bonds. The highest BCUT2D eigenvalue weighted by molar-refractivity contribution is 5.99. The van der Waals surface area contributed by atoms with Gasteiger partial charge in [0.15, 0.2) is 0 Å². The van der Waals surface area contributed by atoms with E-state index in [4.69, 9.17) is 9.47 Å². The molecule has 0 aliphatic carbocycles. The molecule has 0 radical (unpaired) electrons. The van der Waals surface area contributed by atoms with Gasteiger partial charge in [0.25, 0.3) is 5.91 Å². The monoisotopic (exact) mass is 358 g/mol. The van der Waals surface area contributed by atoms with Gasteiger partial charge in [-0.2, -0.15) is 0 Å². The van der Waals surface area contributed by atoms with Crippen LogP contribution in [0.4, 0.5) is 0 Å². The zero-order valence-corrected chi connectivity index (χ0v) is 15.5. The molecule has 0 saturated heterocycles. The van der Waals surface area contributed by atoms with Crippen LogP contribution in [0, 0.1) is 13.8 Å². The number of likely N-dealkylation sites (N-methyl/N-ethyl adjacent to an activating group) is 1. The molecule has 1 heterocycles. The van der Waals surface area contributed by atoms with Gasteiger partial charge < -0.3 is 19.4 Å². The number of aryl methyl sites for hydroxylation is 1. The number of ether oxygens (including phenoxy) is 2. The Balaban J connectivity index is 2.37. The number of benzene rings is 1. The van der Waals surface area contributed by atoms with E-state index >= 15 is 0 Å². The quantitative estimate of drug-likeness (QED) is 0.829. The standard InChI is InChI=1S/C19H22N2O5/c1-11-14(18(23)25-5)12(2)20-15(11)19(24)26-16(17(22)21(3)4)13-9-7-6-8-10-13/h6-10,16,20H,1-5H3/t16-/m0/s1. The highest BCUT2D eigenvalue weighted by Crippen LogP contribution is 2.24. The lowest BCUT2D eigenvalue weighted by Crippen LogP contribution is -2.31. The maximum Gasteiger partial charge on any atom is 0.356 e. The first-order valence-corrected chi connectivity index (χ1v) is 8.02. The zero-order valence-electron chi connectivity index (χ0n) is 15.5. The lowest BCUT2D eigenvalue weighted by Gasteiger charge is -2.21. The summed E-state index contributed by atoms with van der Waals surface area (Å²) in [5.41, 5.74) is 1.89. The van der Waals surface area contributed by atoms with Crippen molar-refractivity contribution < 1.29 is 23.9 Å².